The van der Waals surface area contributed by atoms with Crippen LogP contribution in [0.15, 0.2) is 99.8 Å². The minimum absolute atomic E-state index is 0. The van der Waals surface area contributed by atoms with E-state index in [2.05, 4.69) is 62.5 Å². The minimum Gasteiger partial charge on any atom is -0.543 e. The van der Waals surface area contributed by atoms with Gasteiger partial charge < -0.3 is 76.3 Å². The summed E-state index contributed by atoms with van der Waals surface area (Å²) in [5, 5.41) is 138. The van der Waals surface area contributed by atoms with E-state index in [1.165, 1.54) is 104 Å². The van der Waals surface area contributed by atoms with Gasteiger partial charge in [0.2, 0.25) is 33.2 Å². The van der Waals surface area contributed by atoms with E-state index < -0.39 is 161 Å². The molecule has 6 unspecified atom stereocenters. The zero-order valence-electron chi connectivity index (χ0n) is 55.2. The Morgan fingerprint density at radius 3 is 0.889 bits per heavy atom. The van der Waals surface area contributed by atoms with Crippen molar-refractivity contribution in [3.8, 4) is 0 Å². The molecule has 54 heteroatoms. The third-order valence-corrected chi connectivity index (χ3v) is 24.5. The van der Waals surface area contributed by atoms with E-state index in [1.807, 2.05) is 0 Å². The molecule has 0 bridgehead atoms. The first-order chi connectivity index (χ1) is 50.1. The van der Waals surface area contributed by atoms with Crippen molar-refractivity contribution >= 4 is 194 Å². The van der Waals surface area contributed by atoms with E-state index in [-0.39, 0.29) is 172 Å². The molecule has 6 amide bonds. The Kier molecular flexibility index (Phi) is 31.8. The molecule has 9 atom stereocenters. The number of carbonyl (C=O) groups excluding carboxylic acids is 9. The summed E-state index contributed by atoms with van der Waals surface area (Å²) < 4.78 is 3.12. The summed E-state index contributed by atoms with van der Waals surface area (Å²) in [6, 6.07) is 1.21. The molecule has 0 saturated carbocycles. The first-order valence-electron chi connectivity index (χ1n) is 29.2. The van der Waals surface area contributed by atoms with E-state index in [0.717, 1.165) is 64.0 Å². The van der Waals surface area contributed by atoms with E-state index in [9.17, 15) is 103 Å². The molecule has 552 valence electrons. The monoisotopic (exact) mass is 1690 g/mol. The van der Waals surface area contributed by atoms with Crippen molar-refractivity contribution < 1.29 is 207 Å². The Hall–Kier alpha value is -7.32. The van der Waals surface area contributed by atoms with Crippen molar-refractivity contribution in [1.82, 2.24) is 91.3 Å². The number of hydrogen-bond donors (Lipinski definition) is 9. The first-order valence-corrected chi connectivity index (χ1v) is 38.1. The summed E-state index contributed by atoms with van der Waals surface area (Å²) in [7, 11) is 0. The number of carbonyl (C=O) groups is 15. The van der Waals surface area contributed by atoms with Gasteiger partial charge in [0.05, 0.1) is 35.0 Å². The Balaban J connectivity index is 0.000000223. The normalized spacial score (nSPS) is 19.6. The minimum atomic E-state index is -1.59. The number of aromatic nitrogens is 12. The van der Waals surface area contributed by atoms with E-state index in [1.54, 1.807) is 16.1 Å². The van der Waals surface area contributed by atoms with Crippen molar-refractivity contribution in [1.29, 1.82) is 0 Å². The van der Waals surface area contributed by atoms with Gasteiger partial charge in [-0.3, -0.25) is 72.2 Å². The Bertz CT molecular complexity index is 4150. The number of thioether (sulfide) groups is 6. The van der Waals surface area contributed by atoms with Crippen molar-refractivity contribution in [2.45, 2.75) is 87.1 Å². The Morgan fingerprint density at radius 2 is 0.685 bits per heavy atom. The number of β-lactam (4-membered cyclic amide) rings is 3. The average molecular weight is 1690 g/mol. The molecule has 3 saturated heterocycles. The van der Waals surface area contributed by atoms with Gasteiger partial charge in [-0.05, 0) is 115 Å². The van der Waals surface area contributed by atoms with Gasteiger partial charge in [0, 0.05) is 34.5 Å². The number of nitrogens with one attached hydrogen (secondary N) is 3. The topological polar surface area (TPSA) is 623 Å². The molecule has 6 aliphatic rings. The first kappa shape index (κ1) is 87.9. The van der Waals surface area contributed by atoms with Gasteiger partial charge in [-0.15, -0.1) is 50.6 Å². The van der Waals surface area contributed by atoms with Gasteiger partial charge >= 0.3 is 124 Å². The van der Waals surface area contributed by atoms with Gasteiger partial charge in [-0.2, -0.15) is 34.0 Å². The van der Waals surface area contributed by atoms with Crippen LogP contribution in [0.5, 0.6) is 0 Å². The predicted octanol–water partition coefficient (Wildman–Crippen LogP) is -14.4. The fourth-order valence-electron chi connectivity index (χ4n) is 10.6. The van der Waals surface area contributed by atoms with Gasteiger partial charge in [0.25, 0.3) is 17.7 Å². The molecule has 3 fully saturated rings. The van der Waals surface area contributed by atoms with Crippen LogP contribution in [0, 0.1) is 0 Å². The van der Waals surface area contributed by atoms with E-state index >= 15 is 0 Å². The maximum absolute atomic E-state index is 12.8. The number of carboxylic acid groups (broad SMARTS) is 9. The fourth-order valence-corrected chi connectivity index (χ4v) is 19.8. The number of tetrazole rings is 3. The van der Waals surface area contributed by atoms with Crippen molar-refractivity contribution in [3.63, 3.8) is 0 Å². The summed E-state index contributed by atoms with van der Waals surface area (Å²) in [5.74, 6) is -21.0. The molecule has 0 spiro atoms. The summed E-state index contributed by atoms with van der Waals surface area (Å²) in [5.41, 5.74) is 0.798. The third kappa shape index (κ3) is 19.9. The van der Waals surface area contributed by atoms with Crippen molar-refractivity contribution in [2.75, 3.05) is 34.5 Å². The second kappa shape index (κ2) is 39.0. The van der Waals surface area contributed by atoms with Crippen LogP contribution in [-0.2, 0) is 91.6 Å². The summed E-state index contributed by atoms with van der Waals surface area (Å²) in [6.45, 7) is -1.44. The van der Waals surface area contributed by atoms with Gasteiger partial charge in [0.15, 0.2) is 17.8 Å². The van der Waals surface area contributed by atoms with E-state index in [0.29, 0.717) is 16.7 Å². The standard InChI is InChI=1S/3C18H16N6O8S3.3Na/c3*25-9(26)3-23-18(20-21-22-23)35-6-8-5-34-15-11(14(28)24(15)12(8)17(31)32)19-13(27)10(16(29)30)7-1-2-33-4-7;;;/h3*1-2,4,10-11,15H,3,5-6H2,(H,19,27)(H,25,26)(H,29,30)(H,31,32);;;/q;;;3*+1/p-3/t3*10?,11?,15-;;;/m111.../s1. The van der Waals surface area contributed by atoms with Crippen LogP contribution in [0.4, 0.5) is 0 Å². The average Bonchev–Trinajstić information content (AvgIpc) is 0.966. The molecule has 6 aromatic rings. The van der Waals surface area contributed by atoms with Crippen LogP contribution < -0.4 is 120 Å². The van der Waals surface area contributed by atoms with Crippen molar-refractivity contribution in [3.05, 3.63) is 101 Å². The van der Waals surface area contributed by atoms with Crippen LogP contribution in [0.25, 0.3) is 0 Å². The second-order valence-electron chi connectivity index (χ2n) is 21.8. The van der Waals surface area contributed by atoms with Crippen LogP contribution in [-0.4, -0.2) is 264 Å². The molecular formula is C54H45N18Na3O24S9. The fraction of sp³-hybridized carbons (Fsp3) is 0.333. The van der Waals surface area contributed by atoms with Crippen LogP contribution in [0.1, 0.15) is 34.4 Å². The number of carboxylic acids is 9. The molecule has 12 rings (SSSR count). The summed E-state index contributed by atoms with van der Waals surface area (Å²) in [4.78, 5) is 183. The predicted molar refractivity (Wildman–Crippen MR) is 354 cm³/mol. The van der Waals surface area contributed by atoms with Crippen LogP contribution in [0.3, 0.4) is 0 Å². The number of hydrogen-bond acceptors (Lipinski definition) is 36. The number of fused-ring (bicyclic) bond motifs is 3. The molecule has 6 aromatic heterocycles. The molecule has 0 aromatic carbocycles. The largest absolute Gasteiger partial charge is 1.00 e. The molecular weight excluding hydrogens is 1640 g/mol. The molecule has 9 N–H and O–H groups in total. The van der Waals surface area contributed by atoms with Gasteiger partial charge in [-0.25, -0.2) is 14.0 Å². The molecule has 6 aliphatic heterocycles. The Labute approximate surface area is 706 Å². The SMILES string of the molecule is O=C(O)Cn1nnnc1SCC1=C(C(=O)[O-])N2C(=O)C(NC(=O)C(C(=O)O)c3ccsc3)[C@H]2SC1.O=C(O)Cn1nnnc1SCC1=C(C(=O)[O-])N2C(=O)C(NC(=O)C(C(=O)O)c3ccsc3)[C@H]2SC1.O=C(O)Cn1nnnc1SCC1=C(C(=O)[O-])N2C(=O)C(NC(=O)C(C(=O)O)c3ccsc3)[C@H]2SC1.[Na+].[Na+].[Na+]. The molecule has 108 heavy (non-hydrogen) atoms. The summed E-state index contributed by atoms with van der Waals surface area (Å²) >= 11 is 10.3. The molecule has 0 aliphatic carbocycles. The van der Waals surface area contributed by atoms with Gasteiger partial charge in [0.1, 0.15) is 53.9 Å². The number of aliphatic carboxylic acids is 9. The second-order valence-corrected chi connectivity index (χ2v) is 30.3. The zero-order valence-corrected chi connectivity index (χ0v) is 68.5. The number of amides is 6. The summed E-state index contributed by atoms with van der Waals surface area (Å²) in [6.07, 6.45) is 0. The molecule has 0 radical (unpaired) electrons. The maximum Gasteiger partial charge on any atom is 1.00 e. The zero-order chi connectivity index (χ0) is 75.8. The molecule has 42 nitrogen and oxygen atoms in total. The number of nitrogens with zero attached hydrogens (tertiary/aromatic N) is 15. The van der Waals surface area contributed by atoms with Crippen LogP contribution >= 0.6 is 105 Å². The van der Waals surface area contributed by atoms with Crippen molar-refractivity contribution in [2.24, 2.45) is 0 Å². The number of rotatable bonds is 30. The van der Waals surface area contributed by atoms with Crippen LogP contribution in [0.2, 0.25) is 0 Å². The maximum atomic E-state index is 12.8. The quantitative estimate of drug-likeness (QED) is 0.00875. The number of thiophene rings is 3. The van der Waals surface area contributed by atoms with Gasteiger partial charge in [-0.1, -0.05) is 35.3 Å². The Morgan fingerprint density at radius 1 is 0.435 bits per heavy atom. The van der Waals surface area contributed by atoms with E-state index in [4.69, 9.17) is 15.3 Å². The smallest absolute Gasteiger partial charge is 0.543 e. The molecule has 12 heterocycles. The third-order valence-electron chi connectivity index (χ3n) is 15.3.